The van der Waals surface area contributed by atoms with Gasteiger partial charge < -0.3 is 5.32 Å². The number of aryl methyl sites for hydroxylation is 1. The molecule has 0 atom stereocenters. The first-order valence-corrected chi connectivity index (χ1v) is 7.57. The van der Waals surface area contributed by atoms with Crippen molar-refractivity contribution in [3.63, 3.8) is 0 Å². The molecule has 0 spiro atoms. The van der Waals surface area contributed by atoms with Crippen molar-refractivity contribution in [1.29, 1.82) is 0 Å². The number of aromatic nitrogens is 3. The molecule has 2 amide bonds. The van der Waals surface area contributed by atoms with E-state index in [1.807, 2.05) is 13.0 Å². The largest absolute Gasteiger partial charge is 0.321 e. The van der Waals surface area contributed by atoms with Crippen LogP contribution in [0.2, 0.25) is 0 Å². The minimum Gasteiger partial charge on any atom is -0.321 e. The standard InChI is InChI=1S/C15H13N5O2S/c1-10-5-6-13(23-10)15(22)18-12-4-2-3-11(7-12)14(21)19-20-8-16-17-9-20/h2-9H,1H3,(H,18,22)(H,19,21). The number of thiophene rings is 1. The van der Waals surface area contributed by atoms with E-state index >= 15 is 0 Å². The van der Waals surface area contributed by atoms with Crippen molar-refractivity contribution in [3.05, 3.63) is 64.4 Å². The molecule has 0 aliphatic heterocycles. The van der Waals surface area contributed by atoms with Gasteiger partial charge in [-0.25, -0.2) is 4.68 Å². The lowest BCUT2D eigenvalue weighted by Gasteiger charge is -2.07. The van der Waals surface area contributed by atoms with E-state index in [-0.39, 0.29) is 11.8 Å². The summed E-state index contributed by atoms with van der Waals surface area (Å²) in [6.45, 7) is 1.94. The lowest BCUT2D eigenvalue weighted by Crippen LogP contribution is -2.21. The summed E-state index contributed by atoms with van der Waals surface area (Å²) in [4.78, 5) is 26.0. The third-order valence-corrected chi connectivity index (χ3v) is 4.00. The first kappa shape index (κ1) is 14.9. The molecule has 2 aromatic heterocycles. The average molecular weight is 327 g/mol. The van der Waals surface area contributed by atoms with E-state index in [0.717, 1.165) is 4.88 Å². The lowest BCUT2D eigenvalue weighted by atomic mass is 10.2. The Bertz CT molecular complexity index is 841. The van der Waals surface area contributed by atoms with E-state index in [1.165, 1.54) is 28.7 Å². The van der Waals surface area contributed by atoms with Crippen LogP contribution in [0, 0.1) is 6.92 Å². The molecule has 3 rings (SSSR count). The Labute approximate surface area is 136 Å². The fourth-order valence-corrected chi connectivity index (χ4v) is 2.69. The Hall–Kier alpha value is -3.00. The van der Waals surface area contributed by atoms with E-state index < -0.39 is 0 Å². The van der Waals surface area contributed by atoms with Crippen LogP contribution in [0.3, 0.4) is 0 Å². The number of rotatable bonds is 4. The summed E-state index contributed by atoms with van der Waals surface area (Å²) in [6.07, 6.45) is 2.76. The van der Waals surface area contributed by atoms with Gasteiger partial charge in [0.15, 0.2) is 0 Å². The zero-order valence-corrected chi connectivity index (χ0v) is 13.0. The van der Waals surface area contributed by atoms with Gasteiger partial charge in [-0.2, -0.15) is 0 Å². The molecule has 0 radical (unpaired) electrons. The monoisotopic (exact) mass is 327 g/mol. The first-order valence-electron chi connectivity index (χ1n) is 6.75. The summed E-state index contributed by atoms with van der Waals surface area (Å²) in [7, 11) is 0. The number of anilines is 1. The van der Waals surface area contributed by atoms with E-state index in [1.54, 1.807) is 30.3 Å². The Morgan fingerprint density at radius 3 is 2.57 bits per heavy atom. The summed E-state index contributed by atoms with van der Waals surface area (Å²) < 4.78 is 1.35. The average Bonchev–Trinajstić information content (AvgIpc) is 3.19. The van der Waals surface area contributed by atoms with Crippen LogP contribution in [0.15, 0.2) is 49.1 Å². The number of benzene rings is 1. The Balaban J connectivity index is 1.72. The fourth-order valence-electron chi connectivity index (χ4n) is 1.93. The van der Waals surface area contributed by atoms with Gasteiger partial charge in [0.1, 0.15) is 12.7 Å². The van der Waals surface area contributed by atoms with Gasteiger partial charge in [-0.1, -0.05) is 6.07 Å². The number of carbonyl (C=O) groups excluding carboxylic acids is 2. The van der Waals surface area contributed by atoms with Crippen molar-refractivity contribution in [2.45, 2.75) is 6.92 Å². The van der Waals surface area contributed by atoms with Crippen LogP contribution in [-0.2, 0) is 0 Å². The molecule has 116 valence electrons. The normalized spacial score (nSPS) is 10.3. The van der Waals surface area contributed by atoms with Crippen molar-refractivity contribution in [2.24, 2.45) is 0 Å². The molecule has 3 aromatic rings. The van der Waals surface area contributed by atoms with Gasteiger partial charge in [0.05, 0.1) is 4.88 Å². The van der Waals surface area contributed by atoms with Crippen LogP contribution in [0.5, 0.6) is 0 Å². The second-order valence-electron chi connectivity index (χ2n) is 4.76. The third kappa shape index (κ3) is 3.61. The minimum atomic E-state index is -0.326. The molecular weight excluding hydrogens is 314 g/mol. The molecule has 7 nitrogen and oxygen atoms in total. The Morgan fingerprint density at radius 1 is 1.09 bits per heavy atom. The number of hydrogen-bond donors (Lipinski definition) is 2. The van der Waals surface area contributed by atoms with E-state index in [9.17, 15) is 9.59 Å². The molecule has 1 aromatic carbocycles. The highest BCUT2D eigenvalue weighted by atomic mass is 32.1. The Morgan fingerprint density at radius 2 is 1.87 bits per heavy atom. The van der Waals surface area contributed by atoms with E-state index in [0.29, 0.717) is 16.1 Å². The molecular formula is C15H13N5O2S. The predicted octanol–water partition coefficient (Wildman–Crippen LogP) is 2.28. The second-order valence-corrected chi connectivity index (χ2v) is 6.04. The minimum absolute atomic E-state index is 0.195. The van der Waals surface area contributed by atoms with Crippen LogP contribution in [0.4, 0.5) is 5.69 Å². The lowest BCUT2D eigenvalue weighted by molar-refractivity contribution is 0.100. The van der Waals surface area contributed by atoms with Crippen LogP contribution in [0.25, 0.3) is 0 Å². The maximum Gasteiger partial charge on any atom is 0.270 e. The van der Waals surface area contributed by atoms with Crippen LogP contribution >= 0.6 is 11.3 Å². The zero-order chi connectivity index (χ0) is 16.2. The zero-order valence-electron chi connectivity index (χ0n) is 12.2. The highest BCUT2D eigenvalue weighted by Crippen LogP contribution is 2.18. The molecule has 2 heterocycles. The van der Waals surface area contributed by atoms with Gasteiger partial charge in [-0.3, -0.25) is 15.0 Å². The summed E-state index contributed by atoms with van der Waals surface area (Å²) in [6, 6.07) is 10.4. The molecule has 0 saturated heterocycles. The van der Waals surface area contributed by atoms with Crippen LogP contribution < -0.4 is 10.7 Å². The predicted molar refractivity (Wildman–Crippen MR) is 87.2 cm³/mol. The molecule has 23 heavy (non-hydrogen) atoms. The third-order valence-electron chi connectivity index (χ3n) is 3.00. The molecule has 0 aliphatic rings. The molecule has 0 unspecified atom stereocenters. The summed E-state index contributed by atoms with van der Waals surface area (Å²) >= 11 is 1.42. The number of nitrogens with zero attached hydrogens (tertiary/aromatic N) is 3. The van der Waals surface area contributed by atoms with Gasteiger partial charge in [-0.05, 0) is 37.3 Å². The van der Waals surface area contributed by atoms with Gasteiger partial charge in [0.2, 0.25) is 0 Å². The van der Waals surface area contributed by atoms with Crippen molar-refractivity contribution < 1.29 is 9.59 Å². The number of hydrogen-bond acceptors (Lipinski definition) is 5. The topological polar surface area (TPSA) is 88.9 Å². The van der Waals surface area contributed by atoms with Gasteiger partial charge >= 0.3 is 0 Å². The molecule has 8 heteroatoms. The smallest absolute Gasteiger partial charge is 0.270 e. The maximum absolute atomic E-state index is 12.1. The van der Waals surface area contributed by atoms with Crippen molar-refractivity contribution in [3.8, 4) is 0 Å². The molecule has 0 fully saturated rings. The van der Waals surface area contributed by atoms with Crippen LogP contribution in [-0.4, -0.2) is 26.7 Å². The fraction of sp³-hybridized carbons (Fsp3) is 0.0667. The summed E-state index contributed by atoms with van der Waals surface area (Å²) in [5, 5.41) is 9.99. The highest BCUT2D eigenvalue weighted by Gasteiger charge is 2.11. The molecule has 0 saturated carbocycles. The van der Waals surface area contributed by atoms with Crippen molar-refractivity contribution >= 4 is 28.8 Å². The van der Waals surface area contributed by atoms with Crippen molar-refractivity contribution in [1.82, 2.24) is 14.9 Å². The number of carbonyl (C=O) groups is 2. The SMILES string of the molecule is Cc1ccc(C(=O)Nc2cccc(C(=O)Nn3cnnc3)c2)s1. The Kier molecular flexibility index (Phi) is 4.15. The van der Waals surface area contributed by atoms with E-state index in [4.69, 9.17) is 0 Å². The van der Waals surface area contributed by atoms with Crippen molar-refractivity contribution in [2.75, 3.05) is 10.7 Å². The molecule has 0 aliphatic carbocycles. The van der Waals surface area contributed by atoms with Gasteiger partial charge in [0, 0.05) is 16.1 Å². The molecule has 0 bridgehead atoms. The van der Waals surface area contributed by atoms with Gasteiger partial charge in [-0.15, -0.1) is 21.5 Å². The van der Waals surface area contributed by atoms with E-state index in [2.05, 4.69) is 20.9 Å². The number of amides is 2. The van der Waals surface area contributed by atoms with Gasteiger partial charge in [0.25, 0.3) is 11.8 Å². The first-order chi connectivity index (χ1) is 11.1. The summed E-state index contributed by atoms with van der Waals surface area (Å²) in [5.41, 5.74) is 3.56. The number of nitrogens with one attached hydrogen (secondary N) is 2. The summed E-state index contributed by atoms with van der Waals surface area (Å²) in [5.74, 6) is -0.521. The van der Waals surface area contributed by atoms with Crippen LogP contribution in [0.1, 0.15) is 24.9 Å². The highest BCUT2D eigenvalue weighted by molar-refractivity contribution is 7.14. The molecule has 2 N–H and O–H groups in total. The quantitative estimate of drug-likeness (QED) is 0.769. The maximum atomic E-state index is 12.1. The second kappa shape index (κ2) is 6.41.